The SMILES string of the molecule is CC(C)c1ccccc1CNC(=O)NCc1cc(C2CC2)n[nH]1. The lowest BCUT2D eigenvalue weighted by atomic mass is 9.97. The number of nitrogens with one attached hydrogen (secondary N) is 3. The number of aromatic amines is 1. The van der Waals surface area contributed by atoms with Crippen molar-refractivity contribution >= 4 is 6.03 Å². The fourth-order valence-corrected chi connectivity index (χ4v) is 2.73. The van der Waals surface area contributed by atoms with E-state index in [9.17, 15) is 4.79 Å². The van der Waals surface area contributed by atoms with Gasteiger partial charge in [-0.2, -0.15) is 5.10 Å². The van der Waals surface area contributed by atoms with Gasteiger partial charge in [-0.15, -0.1) is 0 Å². The summed E-state index contributed by atoms with van der Waals surface area (Å²) < 4.78 is 0. The summed E-state index contributed by atoms with van der Waals surface area (Å²) in [7, 11) is 0. The average molecular weight is 312 g/mol. The number of aromatic nitrogens is 2. The first-order valence-electron chi connectivity index (χ1n) is 8.27. The van der Waals surface area contributed by atoms with Crippen molar-refractivity contribution < 1.29 is 4.79 Å². The van der Waals surface area contributed by atoms with Gasteiger partial charge < -0.3 is 10.6 Å². The highest BCUT2D eigenvalue weighted by Crippen LogP contribution is 2.38. The molecule has 1 aromatic heterocycles. The summed E-state index contributed by atoms with van der Waals surface area (Å²) in [6, 6.07) is 10.1. The predicted octanol–water partition coefficient (Wildman–Crippen LogP) is 3.41. The third-order valence-electron chi connectivity index (χ3n) is 4.20. The lowest BCUT2D eigenvalue weighted by Gasteiger charge is -2.13. The molecule has 0 atom stereocenters. The van der Waals surface area contributed by atoms with Crippen LogP contribution in [0, 0.1) is 0 Å². The number of hydrogen-bond donors (Lipinski definition) is 3. The van der Waals surface area contributed by atoms with E-state index in [1.54, 1.807) is 0 Å². The molecule has 0 radical (unpaired) electrons. The van der Waals surface area contributed by atoms with Crippen LogP contribution in [0.15, 0.2) is 30.3 Å². The first-order valence-corrected chi connectivity index (χ1v) is 8.27. The monoisotopic (exact) mass is 312 g/mol. The van der Waals surface area contributed by atoms with Crippen molar-refractivity contribution in [2.75, 3.05) is 0 Å². The third kappa shape index (κ3) is 4.12. The van der Waals surface area contributed by atoms with E-state index in [0.29, 0.717) is 24.9 Å². The van der Waals surface area contributed by atoms with Gasteiger partial charge in [0.2, 0.25) is 0 Å². The second-order valence-corrected chi connectivity index (χ2v) is 6.48. The molecular formula is C18H24N4O. The molecule has 1 heterocycles. The van der Waals surface area contributed by atoms with Gasteiger partial charge in [-0.1, -0.05) is 38.1 Å². The van der Waals surface area contributed by atoms with E-state index in [4.69, 9.17) is 0 Å². The number of H-pyrrole nitrogens is 1. The van der Waals surface area contributed by atoms with Crippen molar-refractivity contribution in [3.05, 3.63) is 52.8 Å². The standard InChI is InChI=1S/C18H24N4O/c1-12(2)16-6-4-3-5-14(16)10-19-18(23)20-11-15-9-17(22-21-15)13-7-8-13/h3-6,9,12-13H,7-8,10-11H2,1-2H3,(H,21,22)(H2,19,20,23). The molecule has 23 heavy (non-hydrogen) atoms. The van der Waals surface area contributed by atoms with Crippen molar-refractivity contribution in [3.63, 3.8) is 0 Å². The Kier molecular flexibility index (Phi) is 4.65. The van der Waals surface area contributed by atoms with Crippen LogP contribution in [0.4, 0.5) is 4.79 Å². The van der Waals surface area contributed by atoms with Crippen LogP contribution in [0.25, 0.3) is 0 Å². The number of amides is 2. The Balaban J connectivity index is 1.47. The maximum atomic E-state index is 12.0. The quantitative estimate of drug-likeness (QED) is 0.765. The molecule has 0 saturated heterocycles. The molecular weight excluding hydrogens is 288 g/mol. The summed E-state index contributed by atoms with van der Waals surface area (Å²) >= 11 is 0. The van der Waals surface area contributed by atoms with Crippen molar-refractivity contribution in [2.45, 2.75) is 51.6 Å². The van der Waals surface area contributed by atoms with E-state index in [-0.39, 0.29) is 6.03 Å². The summed E-state index contributed by atoms with van der Waals surface area (Å²) in [6.45, 7) is 5.33. The number of hydrogen-bond acceptors (Lipinski definition) is 2. The van der Waals surface area contributed by atoms with Gasteiger partial charge in [0.1, 0.15) is 0 Å². The van der Waals surface area contributed by atoms with Gasteiger partial charge in [0.05, 0.1) is 17.9 Å². The van der Waals surface area contributed by atoms with Gasteiger partial charge in [0.15, 0.2) is 0 Å². The highest BCUT2D eigenvalue weighted by Gasteiger charge is 2.25. The molecule has 1 aromatic carbocycles. The Bertz CT molecular complexity index is 673. The third-order valence-corrected chi connectivity index (χ3v) is 4.20. The largest absolute Gasteiger partial charge is 0.334 e. The maximum absolute atomic E-state index is 12.0. The number of carbonyl (C=O) groups is 1. The van der Waals surface area contributed by atoms with Crippen LogP contribution in [0.3, 0.4) is 0 Å². The molecule has 5 nitrogen and oxygen atoms in total. The Morgan fingerprint density at radius 1 is 1.26 bits per heavy atom. The lowest BCUT2D eigenvalue weighted by Crippen LogP contribution is -2.34. The van der Waals surface area contributed by atoms with Gasteiger partial charge in [-0.3, -0.25) is 5.10 Å². The van der Waals surface area contributed by atoms with Crippen molar-refractivity contribution in [2.24, 2.45) is 0 Å². The van der Waals surface area contributed by atoms with E-state index >= 15 is 0 Å². The first kappa shape index (κ1) is 15.6. The van der Waals surface area contributed by atoms with E-state index in [1.165, 1.54) is 18.4 Å². The number of benzene rings is 1. The molecule has 1 aliphatic rings. The smallest absolute Gasteiger partial charge is 0.315 e. The minimum absolute atomic E-state index is 0.161. The maximum Gasteiger partial charge on any atom is 0.315 e. The van der Waals surface area contributed by atoms with Crippen molar-refractivity contribution in [1.82, 2.24) is 20.8 Å². The average Bonchev–Trinajstić information content (AvgIpc) is 3.30. The lowest BCUT2D eigenvalue weighted by molar-refractivity contribution is 0.240. The van der Waals surface area contributed by atoms with Gasteiger partial charge in [-0.05, 0) is 36.0 Å². The molecule has 5 heteroatoms. The molecule has 1 aliphatic carbocycles. The zero-order chi connectivity index (χ0) is 16.2. The van der Waals surface area contributed by atoms with Gasteiger partial charge in [0, 0.05) is 12.5 Å². The Hall–Kier alpha value is -2.30. The van der Waals surface area contributed by atoms with E-state index in [2.05, 4.69) is 46.8 Å². The zero-order valence-corrected chi connectivity index (χ0v) is 13.7. The highest BCUT2D eigenvalue weighted by molar-refractivity contribution is 5.73. The Morgan fingerprint density at radius 2 is 2.00 bits per heavy atom. The summed E-state index contributed by atoms with van der Waals surface area (Å²) in [5, 5.41) is 13.1. The summed E-state index contributed by atoms with van der Waals surface area (Å²) in [4.78, 5) is 12.0. The van der Waals surface area contributed by atoms with Crippen LogP contribution >= 0.6 is 0 Å². The molecule has 1 fully saturated rings. The number of rotatable bonds is 6. The van der Waals surface area contributed by atoms with Crippen molar-refractivity contribution in [3.8, 4) is 0 Å². The van der Waals surface area contributed by atoms with Gasteiger partial charge >= 0.3 is 6.03 Å². The molecule has 2 amide bonds. The number of urea groups is 1. The van der Waals surface area contributed by atoms with Crippen LogP contribution in [0.1, 0.15) is 61.0 Å². The van der Waals surface area contributed by atoms with Crippen LogP contribution in [0.5, 0.6) is 0 Å². The fourth-order valence-electron chi connectivity index (χ4n) is 2.73. The van der Waals surface area contributed by atoms with E-state index in [0.717, 1.165) is 17.0 Å². The molecule has 0 aliphatic heterocycles. The summed E-state index contributed by atoms with van der Waals surface area (Å²) in [6.07, 6.45) is 2.46. The Morgan fingerprint density at radius 3 is 2.74 bits per heavy atom. The molecule has 0 spiro atoms. The zero-order valence-electron chi connectivity index (χ0n) is 13.7. The van der Waals surface area contributed by atoms with Crippen LogP contribution in [-0.4, -0.2) is 16.2 Å². The van der Waals surface area contributed by atoms with Crippen LogP contribution < -0.4 is 10.6 Å². The normalized spacial score (nSPS) is 14.0. The number of nitrogens with zero attached hydrogens (tertiary/aromatic N) is 1. The molecule has 1 saturated carbocycles. The molecule has 0 unspecified atom stereocenters. The molecule has 3 rings (SSSR count). The highest BCUT2D eigenvalue weighted by atomic mass is 16.2. The number of carbonyl (C=O) groups excluding carboxylic acids is 1. The summed E-state index contributed by atoms with van der Waals surface area (Å²) in [5.74, 6) is 1.07. The molecule has 0 bridgehead atoms. The topological polar surface area (TPSA) is 69.8 Å². The predicted molar refractivity (Wildman–Crippen MR) is 90.2 cm³/mol. The van der Waals surface area contributed by atoms with Crippen LogP contribution in [-0.2, 0) is 13.1 Å². The minimum atomic E-state index is -0.161. The van der Waals surface area contributed by atoms with Crippen molar-refractivity contribution in [1.29, 1.82) is 0 Å². The van der Waals surface area contributed by atoms with Gasteiger partial charge in [-0.25, -0.2) is 4.79 Å². The fraction of sp³-hybridized carbons (Fsp3) is 0.444. The Labute approximate surface area is 136 Å². The molecule has 2 aromatic rings. The molecule has 3 N–H and O–H groups in total. The second kappa shape index (κ2) is 6.86. The second-order valence-electron chi connectivity index (χ2n) is 6.48. The molecule has 122 valence electrons. The van der Waals surface area contributed by atoms with E-state index < -0.39 is 0 Å². The summed E-state index contributed by atoms with van der Waals surface area (Å²) in [5.41, 5.74) is 4.50. The van der Waals surface area contributed by atoms with Gasteiger partial charge in [0.25, 0.3) is 0 Å². The van der Waals surface area contributed by atoms with Crippen LogP contribution in [0.2, 0.25) is 0 Å². The van der Waals surface area contributed by atoms with E-state index in [1.807, 2.05) is 18.2 Å². The first-order chi connectivity index (χ1) is 11.1. The minimum Gasteiger partial charge on any atom is -0.334 e.